The number of benzene rings is 2. The van der Waals surface area contributed by atoms with Crippen molar-refractivity contribution < 1.29 is 14.3 Å². The fourth-order valence-corrected chi connectivity index (χ4v) is 2.46. The van der Waals surface area contributed by atoms with Crippen molar-refractivity contribution >= 4 is 11.6 Å². The van der Waals surface area contributed by atoms with E-state index in [0.29, 0.717) is 18.7 Å². The first kappa shape index (κ1) is 17.9. The van der Waals surface area contributed by atoms with Gasteiger partial charge in [0, 0.05) is 11.8 Å². The third-order valence-electron chi connectivity index (χ3n) is 3.68. The standard InChI is InChI=1S/C20H25NO3/c1-5-18(24-19-11-10-14(3)12-15(19)4)20(22)21-16-8-7-9-17(13-16)23-6-2/h7-13,18H,5-6H2,1-4H3,(H,21,22). The van der Waals surface area contributed by atoms with Gasteiger partial charge in [0.25, 0.3) is 5.91 Å². The van der Waals surface area contributed by atoms with Crippen LogP contribution in [0.25, 0.3) is 0 Å². The van der Waals surface area contributed by atoms with Crippen LogP contribution in [-0.2, 0) is 4.79 Å². The second-order valence-corrected chi connectivity index (χ2v) is 5.73. The van der Waals surface area contributed by atoms with E-state index in [0.717, 1.165) is 17.1 Å². The molecule has 0 heterocycles. The van der Waals surface area contributed by atoms with Crippen LogP contribution in [0, 0.1) is 13.8 Å². The Hall–Kier alpha value is -2.49. The summed E-state index contributed by atoms with van der Waals surface area (Å²) in [5.41, 5.74) is 2.90. The molecular formula is C20H25NO3. The van der Waals surface area contributed by atoms with E-state index in [2.05, 4.69) is 5.32 Å². The molecule has 0 aliphatic rings. The minimum Gasteiger partial charge on any atom is -0.494 e. The van der Waals surface area contributed by atoms with Crippen molar-refractivity contribution in [2.24, 2.45) is 0 Å². The molecule has 4 nitrogen and oxygen atoms in total. The summed E-state index contributed by atoms with van der Waals surface area (Å²) in [7, 11) is 0. The van der Waals surface area contributed by atoms with E-state index in [1.807, 2.05) is 70.2 Å². The molecule has 0 radical (unpaired) electrons. The summed E-state index contributed by atoms with van der Waals surface area (Å²) >= 11 is 0. The van der Waals surface area contributed by atoms with Gasteiger partial charge in [0.1, 0.15) is 11.5 Å². The molecule has 0 saturated heterocycles. The van der Waals surface area contributed by atoms with Gasteiger partial charge in [0.2, 0.25) is 0 Å². The number of hydrogen-bond acceptors (Lipinski definition) is 3. The van der Waals surface area contributed by atoms with Gasteiger partial charge in [-0.2, -0.15) is 0 Å². The number of carbonyl (C=O) groups excluding carboxylic acids is 1. The van der Waals surface area contributed by atoms with Crippen molar-refractivity contribution in [1.29, 1.82) is 0 Å². The zero-order valence-electron chi connectivity index (χ0n) is 14.8. The molecule has 0 aromatic heterocycles. The zero-order chi connectivity index (χ0) is 17.5. The molecule has 2 aromatic rings. The summed E-state index contributed by atoms with van der Waals surface area (Å²) in [5, 5.41) is 2.90. The van der Waals surface area contributed by atoms with Crippen LogP contribution in [0.5, 0.6) is 11.5 Å². The van der Waals surface area contributed by atoms with Crippen LogP contribution < -0.4 is 14.8 Å². The minimum absolute atomic E-state index is 0.161. The molecule has 1 N–H and O–H groups in total. The number of rotatable bonds is 7. The van der Waals surface area contributed by atoms with Crippen molar-refractivity contribution in [1.82, 2.24) is 0 Å². The predicted molar refractivity (Wildman–Crippen MR) is 96.9 cm³/mol. The van der Waals surface area contributed by atoms with Gasteiger partial charge in [-0.25, -0.2) is 0 Å². The van der Waals surface area contributed by atoms with Gasteiger partial charge >= 0.3 is 0 Å². The monoisotopic (exact) mass is 327 g/mol. The largest absolute Gasteiger partial charge is 0.494 e. The van der Waals surface area contributed by atoms with E-state index in [9.17, 15) is 4.79 Å². The fraction of sp³-hybridized carbons (Fsp3) is 0.350. The predicted octanol–water partition coefficient (Wildman–Crippen LogP) is 4.50. The summed E-state index contributed by atoms with van der Waals surface area (Å²) in [6, 6.07) is 13.3. The van der Waals surface area contributed by atoms with Crippen LogP contribution in [0.1, 0.15) is 31.4 Å². The average molecular weight is 327 g/mol. The first-order valence-electron chi connectivity index (χ1n) is 8.31. The number of aryl methyl sites for hydroxylation is 2. The van der Waals surface area contributed by atoms with Crippen LogP contribution in [0.3, 0.4) is 0 Å². The first-order chi connectivity index (χ1) is 11.5. The Morgan fingerprint density at radius 2 is 1.92 bits per heavy atom. The summed E-state index contributed by atoms with van der Waals surface area (Å²) in [6.45, 7) is 8.47. The molecule has 4 heteroatoms. The molecule has 0 aliphatic carbocycles. The van der Waals surface area contributed by atoms with Crippen molar-refractivity contribution in [3.05, 3.63) is 53.6 Å². The molecule has 2 rings (SSSR count). The van der Waals surface area contributed by atoms with E-state index in [1.165, 1.54) is 5.56 Å². The molecule has 24 heavy (non-hydrogen) atoms. The Morgan fingerprint density at radius 1 is 1.12 bits per heavy atom. The quantitative estimate of drug-likeness (QED) is 0.814. The number of nitrogens with one attached hydrogen (secondary N) is 1. The van der Waals surface area contributed by atoms with Gasteiger partial charge in [-0.15, -0.1) is 0 Å². The third kappa shape index (κ3) is 4.75. The highest BCUT2D eigenvalue weighted by Gasteiger charge is 2.19. The second-order valence-electron chi connectivity index (χ2n) is 5.73. The number of carbonyl (C=O) groups is 1. The Bertz CT molecular complexity index is 697. The SMILES string of the molecule is CCOc1cccc(NC(=O)C(CC)Oc2ccc(C)cc2C)c1. The van der Waals surface area contributed by atoms with Crippen molar-refractivity contribution in [2.75, 3.05) is 11.9 Å². The van der Waals surface area contributed by atoms with Crippen molar-refractivity contribution in [2.45, 2.75) is 40.2 Å². The summed E-state index contributed by atoms with van der Waals surface area (Å²) in [6.07, 6.45) is 0.0479. The lowest BCUT2D eigenvalue weighted by molar-refractivity contribution is -0.122. The normalized spacial score (nSPS) is 11.7. The topological polar surface area (TPSA) is 47.6 Å². The molecule has 0 bridgehead atoms. The smallest absolute Gasteiger partial charge is 0.265 e. The van der Waals surface area contributed by atoms with Crippen molar-refractivity contribution in [3.63, 3.8) is 0 Å². The molecule has 2 aromatic carbocycles. The molecule has 0 spiro atoms. The highest BCUT2D eigenvalue weighted by atomic mass is 16.5. The van der Waals surface area contributed by atoms with Gasteiger partial charge in [0.15, 0.2) is 6.10 Å². The van der Waals surface area contributed by atoms with E-state index < -0.39 is 6.10 Å². The maximum atomic E-state index is 12.5. The highest BCUT2D eigenvalue weighted by molar-refractivity contribution is 5.94. The van der Waals surface area contributed by atoms with E-state index >= 15 is 0 Å². The van der Waals surface area contributed by atoms with Crippen LogP contribution in [0.15, 0.2) is 42.5 Å². The summed E-state index contributed by atoms with van der Waals surface area (Å²) in [4.78, 5) is 12.5. The summed E-state index contributed by atoms with van der Waals surface area (Å²) in [5.74, 6) is 1.32. The molecule has 1 amide bonds. The number of anilines is 1. The Morgan fingerprint density at radius 3 is 2.58 bits per heavy atom. The lowest BCUT2D eigenvalue weighted by Gasteiger charge is -2.19. The fourth-order valence-electron chi connectivity index (χ4n) is 2.46. The molecule has 1 atom stereocenters. The number of hydrogen-bond donors (Lipinski definition) is 1. The highest BCUT2D eigenvalue weighted by Crippen LogP contribution is 2.22. The van der Waals surface area contributed by atoms with E-state index in [1.54, 1.807) is 0 Å². The lowest BCUT2D eigenvalue weighted by Crippen LogP contribution is -2.32. The van der Waals surface area contributed by atoms with Crippen molar-refractivity contribution in [3.8, 4) is 11.5 Å². The molecule has 0 fully saturated rings. The maximum absolute atomic E-state index is 12.5. The minimum atomic E-state index is -0.540. The second kappa shape index (κ2) is 8.39. The van der Waals surface area contributed by atoms with Gasteiger partial charge in [0.05, 0.1) is 6.61 Å². The van der Waals surface area contributed by atoms with E-state index in [-0.39, 0.29) is 5.91 Å². The molecule has 128 valence electrons. The maximum Gasteiger partial charge on any atom is 0.265 e. The van der Waals surface area contributed by atoms with Crippen LogP contribution in [0.2, 0.25) is 0 Å². The molecular weight excluding hydrogens is 302 g/mol. The van der Waals surface area contributed by atoms with Crippen LogP contribution >= 0.6 is 0 Å². The van der Waals surface area contributed by atoms with Crippen LogP contribution in [0.4, 0.5) is 5.69 Å². The summed E-state index contributed by atoms with van der Waals surface area (Å²) < 4.78 is 11.4. The van der Waals surface area contributed by atoms with Gasteiger partial charge in [-0.1, -0.05) is 30.7 Å². The number of ether oxygens (including phenoxy) is 2. The number of amides is 1. The molecule has 0 saturated carbocycles. The Kier molecular flexibility index (Phi) is 6.24. The zero-order valence-corrected chi connectivity index (χ0v) is 14.8. The van der Waals surface area contributed by atoms with Gasteiger partial charge < -0.3 is 14.8 Å². The lowest BCUT2D eigenvalue weighted by atomic mass is 10.1. The average Bonchev–Trinajstić information content (AvgIpc) is 2.54. The van der Waals surface area contributed by atoms with Gasteiger partial charge in [-0.3, -0.25) is 4.79 Å². The van der Waals surface area contributed by atoms with E-state index in [4.69, 9.17) is 9.47 Å². The molecule has 0 aliphatic heterocycles. The van der Waals surface area contributed by atoms with Crippen LogP contribution in [-0.4, -0.2) is 18.6 Å². The third-order valence-corrected chi connectivity index (χ3v) is 3.68. The first-order valence-corrected chi connectivity index (χ1v) is 8.31. The van der Waals surface area contributed by atoms with Gasteiger partial charge in [-0.05, 0) is 51.0 Å². The Labute approximate surface area is 143 Å². The Balaban J connectivity index is 2.07. The molecule has 1 unspecified atom stereocenters.